The summed E-state index contributed by atoms with van der Waals surface area (Å²) in [5.74, 6) is 0.799. The zero-order valence-electron chi connectivity index (χ0n) is 8.29. The second-order valence-electron chi connectivity index (χ2n) is 3.24. The van der Waals surface area contributed by atoms with E-state index in [1.807, 2.05) is 0 Å². The summed E-state index contributed by atoms with van der Waals surface area (Å²) in [5.41, 5.74) is 1.97. The Kier molecular flexibility index (Phi) is 2.30. The summed E-state index contributed by atoms with van der Waals surface area (Å²) < 4.78 is 3.93. The molecule has 0 saturated carbocycles. The van der Waals surface area contributed by atoms with Crippen LogP contribution in [0.25, 0.3) is 0 Å². The fourth-order valence-corrected chi connectivity index (χ4v) is 1.98. The first kappa shape index (κ1) is 9.34. The Hall–Kier alpha value is -1.89. The summed E-state index contributed by atoms with van der Waals surface area (Å²) in [6, 6.07) is 0. The Morgan fingerprint density at radius 3 is 3.06 bits per heavy atom. The first-order valence-corrected chi connectivity index (χ1v) is 5.58. The smallest absolute Gasteiger partial charge is 0.207 e. The van der Waals surface area contributed by atoms with Crippen LogP contribution in [-0.4, -0.2) is 32.1 Å². The van der Waals surface area contributed by atoms with E-state index in [2.05, 4.69) is 29.6 Å². The third kappa shape index (κ3) is 1.65. The molecule has 1 aliphatic heterocycles. The molecule has 0 fully saturated rings. The van der Waals surface area contributed by atoms with Crippen molar-refractivity contribution in [3.05, 3.63) is 23.9 Å². The van der Waals surface area contributed by atoms with Gasteiger partial charge in [-0.1, -0.05) is 0 Å². The van der Waals surface area contributed by atoms with Crippen molar-refractivity contribution in [3.63, 3.8) is 0 Å². The van der Waals surface area contributed by atoms with Crippen LogP contribution in [0.15, 0.2) is 17.6 Å². The molecule has 3 rings (SSSR count). The molecule has 0 amide bonds. The number of fused-ring (bicyclic) bond motifs is 1. The minimum Gasteiger partial charge on any atom is -0.315 e. The SMILES string of the molecule is C1=NCCc2c1ncnc2Nc1ncns1. The minimum absolute atomic E-state index is 0.739. The molecule has 0 spiro atoms. The molecular formula is C9H8N6S. The molecule has 1 aliphatic rings. The topological polar surface area (TPSA) is 76.0 Å². The average Bonchev–Trinajstić information content (AvgIpc) is 2.82. The largest absolute Gasteiger partial charge is 0.315 e. The van der Waals surface area contributed by atoms with Crippen molar-refractivity contribution in [2.45, 2.75) is 6.42 Å². The molecule has 0 radical (unpaired) electrons. The maximum Gasteiger partial charge on any atom is 0.207 e. The maximum absolute atomic E-state index is 4.22. The molecule has 1 N–H and O–H groups in total. The number of nitrogens with zero attached hydrogens (tertiary/aromatic N) is 5. The van der Waals surface area contributed by atoms with E-state index >= 15 is 0 Å². The van der Waals surface area contributed by atoms with Gasteiger partial charge in [-0.15, -0.1) is 0 Å². The van der Waals surface area contributed by atoms with Crippen molar-refractivity contribution in [2.75, 3.05) is 11.9 Å². The first-order valence-electron chi connectivity index (χ1n) is 4.81. The highest BCUT2D eigenvalue weighted by Crippen LogP contribution is 2.22. The van der Waals surface area contributed by atoms with Crippen LogP contribution in [-0.2, 0) is 6.42 Å². The number of rotatable bonds is 2. The normalized spacial score (nSPS) is 13.5. The van der Waals surface area contributed by atoms with Gasteiger partial charge >= 0.3 is 0 Å². The highest BCUT2D eigenvalue weighted by molar-refractivity contribution is 7.09. The van der Waals surface area contributed by atoms with E-state index in [9.17, 15) is 0 Å². The Balaban J connectivity index is 1.98. The first-order chi connectivity index (χ1) is 7.93. The fourth-order valence-electron chi connectivity index (χ4n) is 1.55. The summed E-state index contributed by atoms with van der Waals surface area (Å²) in [6.45, 7) is 0.783. The Morgan fingerprint density at radius 2 is 2.19 bits per heavy atom. The second kappa shape index (κ2) is 3.93. The number of anilines is 2. The van der Waals surface area contributed by atoms with Gasteiger partial charge in [0.2, 0.25) is 5.13 Å². The summed E-state index contributed by atoms with van der Waals surface area (Å²) >= 11 is 1.30. The van der Waals surface area contributed by atoms with E-state index in [1.54, 1.807) is 6.21 Å². The van der Waals surface area contributed by atoms with Gasteiger partial charge in [-0.25, -0.2) is 15.0 Å². The quantitative estimate of drug-likeness (QED) is 0.837. The molecule has 0 bridgehead atoms. The lowest BCUT2D eigenvalue weighted by molar-refractivity contribution is 0.920. The molecular weight excluding hydrogens is 224 g/mol. The van der Waals surface area contributed by atoms with Crippen LogP contribution in [0.2, 0.25) is 0 Å². The van der Waals surface area contributed by atoms with Crippen molar-refractivity contribution in [1.29, 1.82) is 0 Å². The lowest BCUT2D eigenvalue weighted by Crippen LogP contribution is -2.10. The van der Waals surface area contributed by atoms with Gasteiger partial charge in [0.1, 0.15) is 18.5 Å². The molecule has 16 heavy (non-hydrogen) atoms. The van der Waals surface area contributed by atoms with Crippen molar-refractivity contribution >= 4 is 28.7 Å². The molecule has 0 aromatic carbocycles. The van der Waals surface area contributed by atoms with Crippen molar-refractivity contribution in [1.82, 2.24) is 19.3 Å². The van der Waals surface area contributed by atoms with Crippen LogP contribution in [0.5, 0.6) is 0 Å². The molecule has 2 aromatic rings. The zero-order chi connectivity index (χ0) is 10.8. The number of nitrogens with one attached hydrogen (secondary N) is 1. The van der Waals surface area contributed by atoms with Crippen LogP contribution in [0.3, 0.4) is 0 Å². The predicted molar refractivity (Wildman–Crippen MR) is 61.4 cm³/mol. The van der Waals surface area contributed by atoms with E-state index < -0.39 is 0 Å². The minimum atomic E-state index is 0.739. The van der Waals surface area contributed by atoms with Gasteiger partial charge in [0, 0.05) is 29.9 Å². The van der Waals surface area contributed by atoms with E-state index in [1.165, 1.54) is 24.2 Å². The molecule has 0 aliphatic carbocycles. The Morgan fingerprint density at radius 1 is 1.19 bits per heavy atom. The Labute approximate surface area is 95.7 Å². The van der Waals surface area contributed by atoms with Crippen LogP contribution >= 0.6 is 11.5 Å². The van der Waals surface area contributed by atoms with Gasteiger partial charge in [0.05, 0.1) is 5.69 Å². The summed E-state index contributed by atoms with van der Waals surface area (Å²) in [4.78, 5) is 16.6. The molecule has 7 heteroatoms. The summed E-state index contributed by atoms with van der Waals surface area (Å²) in [7, 11) is 0. The maximum atomic E-state index is 4.22. The summed E-state index contributed by atoms with van der Waals surface area (Å²) in [6.07, 6.45) is 5.68. The molecule has 0 atom stereocenters. The monoisotopic (exact) mass is 232 g/mol. The lowest BCUT2D eigenvalue weighted by atomic mass is 10.1. The zero-order valence-corrected chi connectivity index (χ0v) is 9.11. The standard InChI is InChI=1S/C9H8N6S/c1-2-10-3-7-6(1)8(12-4-11-7)15-9-13-5-14-16-9/h3-5H,1-2H2,(H,11,12,13,14,15). The van der Waals surface area contributed by atoms with Gasteiger partial charge in [-0.3, -0.25) is 4.99 Å². The van der Waals surface area contributed by atoms with Gasteiger partial charge < -0.3 is 5.32 Å². The molecule has 0 saturated heterocycles. The summed E-state index contributed by atoms with van der Waals surface area (Å²) in [5, 5.41) is 3.88. The van der Waals surface area contributed by atoms with Gasteiger partial charge in [-0.05, 0) is 6.42 Å². The van der Waals surface area contributed by atoms with Crippen LogP contribution in [0, 0.1) is 0 Å². The molecule has 2 aromatic heterocycles. The van der Waals surface area contributed by atoms with Crippen LogP contribution < -0.4 is 5.32 Å². The number of hydrogen-bond acceptors (Lipinski definition) is 7. The van der Waals surface area contributed by atoms with Crippen molar-refractivity contribution < 1.29 is 0 Å². The fraction of sp³-hybridized carbons (Fsp3) is 0.222. The molecule has 6 nitrogen and oxygen atoms in total. The van der Waals surface area contributed by atoms with Crippen molar-refractivity contribution in [2.24, 2.45) is 4.99 Å². The van der Waals surface area contributed by atoms with Crippen LogP contribution in [0.4, 0.5) is 10.9 Å². The van der Waals surface area contributed by atoms with Gasteiger partial charge in [0.25, 0.3) is 0 Å². The van der Waals surface area contributed by atoms with Gasteiger partial charge in [-0.2, -0.15) is 4.37 Å². The van der Waals surface area contributed by atoms with Crippen LogP contribution in [0.1, 0.15) is 11.3 Å². The molecule has 3 heterocycles. The molecule has 0 unspecified atom stereocenters. The number of aromatic nitrogens is 4. The number of hydrogen-bond donors (Lipinski definition) is 1. The Bertz CT molecular complexity index is 521. The van der Waals surface area contributed by atoms with Crippen molar-refractivity contribution in [3.8, 4) is 0 Å². The van der Waals surface area contributed by atoms with Gasteiger partial charge in [0.15, 0.2) is 0 Å². The third-order valence-electron chi connectivity index (χ3n) is 2.27. The van der Waals surface area contributed by atoms with E-state index in [0.29, 0.717) is 0 Å². The highest BCUT2D eigenvalue weighted by atomic mass is 32.1. The van der Waals surface area contributed by atoms with E-state index in [4.69, 9.17) is 0 Å². The third-order valence-corrected chi connectivity index (χ3v) is 2.85. The van der Waals surface area contributed by atoms with E-state index in [0.717, 1.165) is 35.2 Å². The van der Waals surface area contributed by atoms with E-state index in [-0.39, 0.29) is 0 Å². The molecule has 80 valence electrons. The predicted octanol–water partition coefficient (Wildman–Crippen LogP) is 1.05. The number of aliphatic imine (C=N–C) groups is 1. The highest BCUT2D eigenvalue weighted by Gasteiger charge is 2.13. The average molecular weight is 232 g/mol. The second-order valence-corrected chi connectivity index (χ2v) is 4.02. The lowest BCUT2D eigenvalue weighted by Gasteiger charge is -2.12.